The van der Waals surface area contributed by atoms with Crippen molar-refractivity contribution >= 4 is 23.5 Å². The van der Waals surface area contributed by atoms with Gasteiger partial charge < -0.3 is 5.73 Å². The van der Waals surface area contributed by atoms with Crippen molar-refractivity contribution in [2.45, 2.75) is 6.54 Å². The molecule has 0 saturated heterocycles. The van der Waals surface area contributed by atoms with Crippen molar-refractivity contribution in [2.75, 3.05) is 0 Å². The van der Waals surface area contributed by atoms with E-state index in [1.54, 1.807) is 6.08 Å². The summed E-state index contributed by atoms with van der Waals surface area (Å²) in [6.45, 7) is 0.583. The van der Waals surface area contributed by atoms with Gasteiger partial charge >= 0.3 is 0 Å². The lowest BCUT2D eigenvalue weighted by Gasteiger charge is -1.98. The van der Waals surface area contributed by atoms with Crippen LogP contribution in [-0.4, -0.2) is 5.84 Å². The number of rotatable bonds is 4. The van der Waals surface area contributed by atoms with Crippen LogP contribution in [0.2, 0.25) is 5.02 Å². The second kappa shape index (κ2) is 6.76. The number of nitrogens with zero attached hydrogens (tertiary/aromatic N) is 1. The van der Waals surface area contributed by atoms with Gasteiger partial charge in [0.05, 0.1) is 6.54 Å². The highest BCUT2D eigenvalue weighted by atomic mass is 35.5. The van der Waals surface area contributed by atoms with E-state index in [0.29, 0.717) is 17.4 Å². The fraction of sp³-hybridized carbons (Fsp3) is 0.0625. The fourth-order valence-corrected chi connectivity index (χ4v) is 1.80. The summed E-state index contributed by atoms with van der Waals surface area (Å²) in [7, 11) is 0. The molecule has 3 heteroatoms. The number of amidine groups is 1. The van der Waals surface area contributed by atoms with Crippen LogP contribution in [0.25, 0.3) is 6.08 Å². The van der Waals surface area contributed by atoms with Crippen LogP contribution in [0.4, 0.5) is 0 Å². The monoisotopic (exact) mass is 270 g/mol. The second-order valence-corrected chi connectivity index (χ2v) is 4.49. The average molecular weight is 271 g/mol. The third-order valence-electron chi connectivity index (χ3n) is 2.63. The minimum atomic E-state index is 0.490. The predicted molar refractivity (Wildman–Crippen MR) is 82.3 cm³/mol. The van der Waals surface area contributed by atoms with E-state index in [2.05, 4.69) is 4.99 Å². The number of nitrogens with two attached hydrogens (primary N) is 1. The van der Waals surface area contributed by atoms with Crippen LogP contribution in [0.15, 0.2) is 65.7 Å². The summed E-state index contributed by atoms with van der Waals surface area (Å²) in [6, 6.07) is 17.6. The molecule has 2 aromatic rings. The lowest BCUT2D eigenvalue weighted by Crippen LogP contribution is -2.07. The molecule has 0 aliphatic heterocycles. The summed E-state index contributed by atoms with van der Waals surface area (Å²) < 4.78 is 0. The molecule has 2 nitrogen and oxygen atoms in total. The van der Waals surface area contributed by atoms with Gasteiger partial charge in [-0.1, -0.05) is 60.1 Å². The van der Waals surface area contributed by atoms with Gasteiger partial charge in [0, 0.05) is 5.02 Å². The standard InChI is InChI=1S/C16H15ClN2/c17-15-9-5-4-8-14(15)10-11-16(18)19-12-13-6-2-1-3-7-13/h1-11H,12H2,(H2,18,19)/b11-10+. The first kappa shape index (κ1) is 13.4. The topological polar surface area (TPSA) is 38.4 Å². The summed E-state index contributed by atoms with van der Waals surface area (Å²) in [5.74, 6) is 0.490. The predicted octanol–water partition coefficient (Wildman–Crippen LogP) is 3.91. The average Bonchev–Trinajstić information content (AvgIpc) is 2.45. The number of aliphatic imine (C=N–C) groups is 1. The third kappa shape index (κ3) is 4.27. The van der Waals surface area contributed by atoms with Gasteiger partial charge in [-0.25, -0.2) is 0 Å². The first-order valence-corrected chi connectivity index (χ1v) is 6.40. The summed E-state index contributed by atoms with van der Waals surface area (Å²) in [6.07, 6.45) is 3.64. The van der Waals surface area contributed by atoms with Crippen molar-refractivity contribution in [1.82, 2.24) is 0 Å². The Balaban J connectivity index is 2.01. The van der Waals surface area contributed by atoms with Gasteiger partial charge in [0.25, 0.3) is 0 Å². The molecule has 0 fully saturated rings. The molecule has 0 radical (unpaired) electrons. The van der Waals surface area contributed by atoms with Crippen LogP contribution in [-0.2, 0) is 6.54 Å². The first-order valence-electron chi connectivity index (χ1n) is 6.02. The summed E-state index contributed by atoms with van der Waals surface area (Å²) in [4.78, 5) is 4.30. The number of benzene rings is 2. The van der Waals surface area contributed by atoms with Crippen molar-refractivity contribution in [3.05, 3.63) is 76.8 Å². The van der Waals surface area contributed by atoms with Crippen LogP contribution >= 0.6 is 11.6 Å². The van der Waals surface area contributed by atoms with Gasteiger partial charge in [-0.2, -0.15) is 0 Å². The SMILES string of the molecule is NC(/C=C/c1ccccc1Cl)=NCc1ccccc1. The highest BCUT2D eigenvalue weighted by Gasteiger charge is 1.94. The Hall–Kier alpha value is -2.06. The Morgan fingerprint density at radius 2 is 1.74 bits per heavy atom. The van der Waals surface area contributed by atoms with E-state index in [9.17, 15) is 0 Å². The zero-order chi connectivity index (χ0) is 13.5. The van der Waals surface area contributed by atoms with E-state index in [-0.39, 0.29) is 0 Å². The molecule has 0 aliphatic carbocycles. The quantitative estimate of drug-likeness (QED) is 0.664. The van der Waals surface area contributed by atoms with Gasteiger partial charge in [-0.15, -0.1) is 0 Å². The Labute approximate surface area is 118 Å². The maximum Gasteiger partial charge on any atom is 0.118 e. The minimum absolute atomic E-state index is 0.490. The minimum Gasteiger partial charge on any atom is -0.384 e. The summed E-state index contributed by atoms with van der Waals surface area (Å²) in [5.41, 5.74) is 7.91. The highest BCUT2D eigenvalue weighted by molar-refractivity contribution is 6.32. The van der Waals surface area contributed by atoms with Gasteiger partial charge in [-0.3, -0.25) is 4.99 Å². The molecule has 19 heavy (non-hydrogen) atoms. The van der Waals surface area contributed by atoms with Gasteiger partial charge in [0.1, 0.15) is 5.84 Å². The molecule has 96 valence electrons. The van der Waals surface area contributed by atoms with Crippen molar-refractivity contribution in [3.8, 4) is 0 Å². The molecule has 0 amide bonds. The maximum atomic E-state index is 6.05. The molecule has 0 unspecified atom stereocenters. The Bertz CT molecular complexity index is 589. The molecule has 0 heterocycles. The fourth-order valence-electron chi connectivity index (χ4n) is 1.60. The highest BCUT2D eigenvalue weighted by Crippen LogP contribution is 2.16. The van der Waals surface area contributed by atoms with Crippen LogP contribution in [0, 0.1) is 0 Å². The lowest BCUT2D eigenvalue weighted by atomic mass is 10.2. The molecule has 0 aromatic heterocycles. The smallest absolute Gasteiger partial charge is 0.118 e. The lowest BCUT2D eigenvalue weighted by molar-refractivity contribution is 1.06. The zero-order valence-electron chi connectivity index (χ0n) is 10.5. The molecule has 0 spiro atoms. The molecule has 0 saturated carbocycles. The molecule has 2 aromatic carbocycles. The van der Waals surface area contributed by atoms with Gasteiger partial charge in [-0.05, 0) is 29.3 Å². The summed E-state index contributed by atoms with van der Waals surface area (Å²) in [5, 5.41) is 0.703. The first-order chi connectivity index (χ1) is 9.25. The Kier molecular flexibility index (Phi) is 4.76. The molecule has 0 atom stereocenters. The summed E-state index contributed by atoms with van der Waals surface area (Å²) >= 11 is 6.05. The number of hydrogen-bond acceptors (Lipinski definition) is 1. The third-order valence-corrected chi connectivity index (χ3v) is 2.97. The van der Waals surface area contributed by atoms with E-state index in [0.717, 1.165) is 11.1 Å². The normalized spacial score (nSPS) is 11.9. The van der Waals surface area contributed by atoms with E-state index in [1.807, 2.05) is 60.7 Å². The van der Waals surface area contributed by atoms with Gasteiger partial charge in [0.15, 0.2) is 0 Å². The maximum absolute atomic E-state index is 6.05. The van der Waals surface area contributed by atoms with E-state index >= 15 is 0 Å². The van der Waals surface area contributed by atoms with Crippen molar-refractivity contribution in [1.29, 1.82) is 0 Å². The number of hydrogen-bond donors (Lipinski definition) is 1. The van der Waals surface area contributed by atoms with Crippen LogP contribution in [0.1, 0.15) is 11.1 Å². The Morgan fingerprint density at radius 1 is 1.05 bits per heavy atom. The van der Waals surface area contributed by atoms with Gasteiger partial charge in [0.2, 0.25) is 0 Å². The van der Waals surface area contributed by atoms with Crippen molar-refractivity contribution in [3.63, 3.8) is 0 Å². The largest absolute Gasteiger partial charge is 0.384 e. The molecule has 0 bridgehead atoms. The van der Waals surface area contributed by atoms with Crippen molar-refractivity contribution < 1.29 is 0 Å². The van der Waals surface area contributed by atoms with Crippen LogP contribution in [0.5, 0.6) is 0 Å². The van der Waals surface area contributed by atoms with E-state index in [4.69, 9.17) is 17.3 Å². The zero-order valence-corrected chi connectivity index (χ0v) is 11.2. The number of halogens is 1. The molecule has 0 aliphatic rings. The molecule has 2 rings (SSSR count). The molecular formula is C16H15ClN2. The molecule has 2 N–H and O–H groups in total. The van der Waals surface area contributed by atoms with E-state index in [1.165, 1.54) is 0 Å². The van der Waals surface area contributed by atoms with E-state index < -0.39 is 0 Å². The second-order valence-electron chi connectivity index (χ2n) is 4.08. The van der Waals surface area contributed by atoms with Crippen LogP contribution < -0.4 is 5.73 Å². The van der Waals surface area contributed by atoms with Crippen LogP contribution in [0.3, 0.4) is 0 Å². The Morgan fingerprint density at radius 3 is 2.47 bits per heavy atom. The molecular weight excluding hydrogens is 256 g/mol. The van der Waals surface area contributed by atoms with Crippen molar-refractivity contribution in [2.24, 2.45) is 10.7 Å².